The van der Waals surface area contributed by atoms with Gasteiger partial charge in [-0.25, -0.2) is 4.68 Å². The summed E-state index contributed by atoms with van der Waals surface area (Å²) in [5, 5.41) is 29.1. The van der Waals surface area contributed by atoms with Gasteiger partial charge in [0.1, 0.15) is 11.8 Å². The molecule has 1 atom stereocenters. The third-order valence-corrected chi connectivity index (χ3v) is 7.09. The van der Waals surface area contributed by atoms with Gasteiger partial charge >= 0.3 is 0 Å². The highest BCUT2D eigenvalue weighted by Gasteiger charge is 2.28. The first-order valence-electron chi connectivity index (χ1n) is 12.9. The molecule has 0 spiro atoms. The van der Waals surface area contributed by atoms with Crippen molar-refractivity contribution in [3.8, 4) is 6.07 Å². The van der Waals surface area contributed by atoms with Crippen molar-refractivity contribution < 1.29 is 0 Å². The molecule has 0 saturated heterocycles. The Labute approximate surface area is 231 Å². The topological polar surface area (TPSA) is 117 Å². The van der Waals surface area contributed by atoms with E-state index < -0.39 is 0 Å². The van der Waals surface area contributed by atoms with Gasteiger partial charge in [0.25, 0.3) is 0 Å². The van der Waals surface area contributed by atoms with Gasteiger partial charge in [0.2, 0.25) is 0 Å². The second kappa shape index (κ2) is 9.79. The number of fused-ring (bicyclic) bond motifs is 2. The summed E-state index contributed by atoms with van der Waals surface area (Å²) < 4.78 is 1.94. The molecular weight excluding hydrogens is 510 g/mol. The van der Waals surface area contributed by atoms with Crippen LogP contribution < -0.4 is 10.6 Å². The Balaban J connectivity index is 1.47. The smallest absolute Gasteiger partial charge is 0.110 e. The number of hydrogen-bond acceptors (Lipinski definition) is 8. The first-order valence-corrected chi connectivity index (χ1v) is 13.3. The largest absolute Gasteiger partial charge is 0.383 e. The van der Waals surface area contributed by atoms with Gasteiger partial charge in [-0.3, -0.25) is 15.0 Å². The third-order valence-electron chi connectivity index (χ3n) is 6.80. The highest BCUT2D eigenvalue weighted by molar-refractivity contribution is 6.35. The summed E-state index contributed by atoms with van der Waals surface area (Å²) in [5.74, 6) is 0. The van der Waals surface area contributed by atoms with E-state index in [2.05, 4.69) is 62.7 Å². The molecule has 2 N–H and O–H groups in total. The predicted molar refractivity (Wildman–Crippen MR) is 153 cm³/mol. The van der Waals surface area contributed by atoms with Gasteiger partial charge < -0.3 is 10.6 Å². The summed E-state index contributed by atoms with van der Waals surface area (Å²) in [6.07, 6.45) is 13.0. The number of hydrogen-bond donors (Lipinski definition) is 2. The van der Waals surface area contributed by atoms with Gasteiger partial charge in [-0.15, -0.1) is 5.10 Å². The highest BCUT2D eigenvalue weighted by Crippen LogP contribution is 2.38. The van der Waals surface area contributed by atoms with Crippen molar-refractivity contribution in [3.63, 3.8) is 0 Å². The number of nitriles is 1. The van der Waals surface area contributed by atoms with Crippen LogP contribution in [0.5, 0.6) is 0 Å². The van der Waals surface area contributed by atoms with Crippen LogP contribution in [-0.2, 0) is 0 Å². The summed E-state index contributed by atoms with van der Waals surface area (Å²) >= 11 is 6.78. The monoisotopic (exact) mass is 537 g/mol. The van der Waals surface area contributed by atoms with Gasteiger partial charge in [0, 0.05) is 59.6 Å². The summed E-state index contributed by atoms with van der Waals surface area (Å²) in [6, 6.07) is 8.14. The van der Waals surface area contributed by atoms with Crippen molar-refractivity contribution in [2.24, 2.45) is 5.41 Å². The maximum absolute atomic E-state index is 9.83. The number of nitrogens with one attached hydrogen (secondary N) is 2. The van der Waals surface area contributed by atoms with Gasteiger partial charge in [-0.1, -0.05) is 37.6 Å². The standard InChI is InChI=1S/C29H28ClN9/c1-29(2,3)16-35-26-17(10-31)13-34-27-22(26)8-19(9-24(27)30)36-28(25-15-39(38-37-25)20-4-5-20)23-14-33-12-18-11-32-7-6-21(18)23/h6-9,11-15,20,28,36H,4-5,16H2,1-3H3,(H,34,35)/t28-/m0/s1. The van der Waals surface area contributed by atoms with Crippen LogP contribution in [0.4, 0.5) is 11.4 Å². The molecule has 1 saturated carbocycles. The van der Waals surface area contributed by atoms with Gasteiger partial charge in [-0.05, 0) is 41.8 Å². The number of benzene rings is 1. The summed E-state index contributed by atoms with van der Waals surface area (Å²) in [4.78, 5) is 13.3. The van der Waals surface area contributed by atoms with E-state index in [-0.39, 0.29) is 11.5 Å². The average Bonchev–Trinajstić information content (AvgIpc) is 3.66. The lowest BCUT2D eigenvalue weighted by Crippen LogP contribution is -2.20. The number of aromatic nitrogens is 6. The Morgan fingerprint density at radius 2 is 1.95 bits per heavy atom. The number of pyridine rings is 3. The van der Waals surface area contributed by atoms with E-state index >= 15 is 0 Å². The number of anilines is 2. The van der Waals surface area contributed by atoms with Gasteiger partial charge in [-0.2, -0.15) is 5.26 Å². The summed E-state index contributed by atoms with van der Waals surface area (Å²) in [5.41, 5.74) is 4.32. The molecule has 196 valence electrons. The fraction of sp³-hybridized carbons (Fsp3) is 0.310. The molecule has 9 nitrogen and oxygen atoms in total. The molecule has 0 aliphatic heterocycles. The van der Waals surface area contributed by atoms with Crippen LogP contribution in [-0.4, -0.2) is 36.5 Å². The van der Waals surface area contributed by atoms with Crippen molar-refractivity contribution in [1.29, 1.82) is 5.26 Å². The van der Waals surface area contributed by atoms with Crippen LogP contribution in [0.2, 0.25) is 5.02 Å². The second-order valence-electron chi connectivity index (χ2n) is 11.2. The molecule has 5 aromatic rings. The first kappa shape index (κ1) is 25.0. The SMILES string of the molecule is CC(C)(C)CNc1c(C#N)cnc2c(Cl)cc(N[C@H](c3cn(C4CC4)nn3)c3cncc4cnccc34)cc12. The van der Waals surface area contributed by atoms with Crippen LogP contribution in [0.3, 0.4) is 0 Å². The zero-order valence-electron chi connectivity index (χ0n) is 22.0. The lowest BCUT2D eigenvalue weighted by Gasteiger charge is -2.22. The van der Waals surface area contributed by atoms with E-state index in [1.165, 1.54) is 0 Å². The molecule has 0 bridgehead atoms. The first-order chi connectivity index (χ1) is 18.8. The highest BCUT2D eigenvalue weighted by atomic mass is 35.5. The van der Waals surface area contributed by atoms with E-state index in [0.717, 1.165) is 51.6 Å². The molecule has 0 amide bonds. The van der Waals surface area contributed by atoms with E-state index in [1.54, 1.807) is 24.8 Å². The molecule has 1 aliphatic rings. The minimum absolute atomic E-state index is 0.0106. The Bertz CT molecular complexity index is 1720. The summed E-state index contributed by atoms with van der Waals surface area (Å²) in [6.45, 7) is 7.10. The van der Waals surface area contributed by atoms with Crippen molar-refractivity contribution in [2.75, 3.05) is 17.2 Å². The molecule has 10 heteroatoms. The normalized spacial score (nSPS) is 14.3. The van der Waals surface area contributed by atoms with Crippen molar-refractivity contribution >= 4 is 44.7 Å². The van der Waals surface area contributed by atoms with Crippen LogP contribution in [0.1, 0.15) is 62.5 Å². The predicted octanol–water partition coefficient (Wildman–Crippen LogP) is 6.29. The van der Waals surface area contributed by atoms with Gasteiger partial charge in [0.15, 0.2) is 0 Å². The molecule has 39 heavy (non-hydrogen) atoms. The fourth-order valence-electron chi connectivity index (χ4n) is 4.66. The zero-order valence-corrected chi connectivity index (χ0v) is 22.7. The molecule has 6 rings (SSSR count). The van der Waals surface area contributed by atoms with Crippen LogP contribution in [0, 0.1) is 16.7 Å². The number of rotatable bonds is 7. The fourth-order valence-corrected chi connectivity index (χ4v) is 4.93. The quantitative estimate of drug-likeness (QED) is 0.249. The minimum atomic E-state index is -0.359. The molecule has 4 heterocycles. The maximum atomic E-state index is 9.83. The Morgan fingerprint density at radius 3 is 2.72 bits per heavy atom. The summed E-state index contributed by atoms with van der Waals surface area (Å²) in [7, 11) is 0. The molecule has 4 aromatic heterocycles. The molecular formula is C29H28ClN9. The Morgan fingerprint density at radius 1 is 1.13 bits per heavy atom. The van der Waals surface area contributed by atoms with E-state index in [4.69, 9.17) is 11.6 Å². The van der Waals surface area contributed by atoms with Crippen molar-refractivity contribution in [1.82, 2.24) is 29.9 Å². The minimum Gasteiger partial charge on any atom is -0.383 e. The third kappa shape index (κ3) is 5.08. The van der Waals surface area contributed by atoms with Crippen LogP contribution in [0.15, 0.2) is 55.4 Å². The van der Waals surface area contributed by atoms with Crippen LogP contribution >= 0.6 is 11.6 Å². The van der Waals surface area contributed by atoms with E-state index in [9.17, 15) is 5.26 Å². The molecule has 1 aromatic carbocycles. The number of halogens is 1. The second-order valence-corrected chi connectivity index (χ2v) is 11.6. The van der Waals surface area contributed by atoms with E-state index in [0.29, 0.717) is 28.7 Å². The Hall–Kier alpha value is -4.29. The van der Waals surface area contributed by atoms with Gasteiger partial charge in [0.05, 0.1) is 40.1 Å². The maximum Gasteiger partial charge on any atom is 0.110 e. The lowest BCUT2D eigenvalue weighted by atomic mass is 9.96. The lowest BCUT2D eigenvalue weighted by molar-refractivity contribution is 0.443. The molecule has 0 radical (unpaired) electrons. The molecule has 1 fully saturated rings. The zero-order chi connectivity index (χ0) is 27.1. The van der Waals surface area contributed by atoms with Crippen molar-refractivity contribution in [2.45, 2.75) is 45.7 Å². The molecule has 1 aliphatic carbocycles. The Kier molecular flexibility index (Phi) is 6.28. The number of nitrogens with zero attached hydrogens (tertiary/aromatic N) is 7. The van der Waals surface area contributed by atoms with Crippen molar-refractivity contribution in [3.05, 3.63) is 77.2 Å². The average molecular weight is 538 g/mol. The van der Waals surface area contributed by atoms with Crippen LogP contribution in [0.25, 0.3) is 21.7 Å². The van der Waals surface area contributed by atoms with E-state index in [1.807, 2.05) is 35.3 Å². The molecule has 0 unspecified atom stereocenters.